The number of nitrogens with zero attached hydrogens (tertiary/aromatic N) is 3. The van der Waals surface area contributed by atoms with Gasteiger partial charge in [-0.25, -0.2) is 10.4 Å². The van der Waals surface area contributed by atoms with Crippen LogP contribution in [-0.4, -0.2) is 65.3 Å². The molecule has 1 fully saturated rings. The molecule has 2 aliphatic rings. The molecule has 11 heteroatoms. The molecule has 2 aromatic rings. The Morgan fingerprint density at radius 3 is 2.48 bits per heavy atom. The molecule has 0 radical (unpaired) electrons. The SMILES string of the molecule is CC(C)[C@@H]1NC(=O)C(C)(C)/C=C/c2ccc3ccc(nc3c2)N(C)NC(=O)[C@@H]2CCCN(N2)C(=O)[C@H](C)NC1=O. The molecule has 11 nitrogen and oxygen atoms in total. The summed E-state index contributed by atoms with van der Waals surface area (Å²) in [4.78, 5) is 57.5. The van der Waals surface area contributed by atoms with Crippen molar-refractivity contribution in [2.75, 3.05) is 18.6 Å². The first-order valence-electron chi connectivity index (χ1n) is 13.7. The Morgan fingerprint density at radius 2 is 1.75 bits per heavy atom. The van der Waals surface area contributed by atoms with E-state index in [1.54, 1.807) is 38.9 Å². The lowest BCUT2D eigenvalue weighted by Crippen LogP contribution is -2.62. The Hall–Kier alpha value is -3.99. The lowest BCUT2D eigenvalue weighted by atomic mass is 9.89. The second-order valence-electron chi connectivity index (χ2n) is 11.5. The van der Waals surface area contributed by atoms with Crippen LogP contribution in [0.15, 0.2) is 36.4 Å². The topological polar surface area (TPSA) is 136 Å². The summed E-state index contributed by atoms with van der Waals surface area (Å²) in [6, 6.07) is 7.21. The highest BCUT2D eigenvalue weighted by Gasteiger charge is 2.34. The molecule has 3 heterocycles. The van der Waals surface area contributed by atoms with Crippen LogP contribution in [0.5, 0.6) is 0 Å². The molecule has 1 saturated heterocycles. The van der Waals surface area contributed by atoms with Crippen molar-refractivity contribution in [2.24, 2.45) is 11.3 Å². The lowest BCUT2D eigenvalue weighted by molar-refractivity contribution is -0.143. The van der Waals surface area contributed by atoms with E-state index in [1.165, 1.54) is 5.01 Å². The van der Waals surface area contributed by atoms with E-state index in [-0.39, 0.29) is 23.6 Å². The molecule has 3 atom stereocenters. The van der Waals surface area contributed by atoms with Crippen molar-refractivity contribution in [3.8, 4) is 0 Å². The average Bonchev–Trinajstić information content (AvgIpc) is 2.92. The summed E-state index contributed by atoms with van der Waals surface area (Å²) < 4.78 is 0. The Labute approximate surface area is 234 Å². The van der Waals surface area contributed by atoms with Gasteiger partial charge in [-0.3, -0.25) is 34.6 Å². The number of fused-ring (bicyclic) bond motifs is 4. The third-order valence-corrected chi connectivity index (χ3v) is 7.33. The van der Waals surface area contributed by atoms with Crippen LogP contribution in [0.1, 0.15) is 53.0 Å². The van der Waals surface area contributed by atoms with E-state index in [9.17, 15) is 19.2 Å². The molecular formula is C29H39N7O4. The van der Waals surface area contributed by atoms with Crippen LogP contribution in [0.3, 0.4) is 0 Å². The number of hydrogen-bond acceptors (Lipinski definition) is 7. The zero-order valence-electron chi connectivity index (χ0n) is 23.9. The van der Waals surface area contributed by atoms with Crippen LogP contribution in [0.25, 0.3) is 17.0 Å². The fraction of sp³-hybridized carbons (Fsp3) is 0.483. The first-order valence-corrected chi connectivity index (χ1v) is 13.7. The fourth-order valence-electron chi connectivity index (χ4n) is 4.69. The molecule has 1 aromatic heterocycles. The number of carbonyl (C=O) groups is 4. The van der Waals surface area contributed by atoms with Gasteiger partial charge >= 0.3 is 0 Å². The third kappa shape index (κ3) is 6.41. The van der Waals surface area contributed by atoms with Crippen molar-refractivity contribution in [2.45, 2.75) is 65.6 Å². The number of aromatic nitrogens is 1. The number of hydrazine groups is 2. The smallest absolute Gasteiger partial charge is 0.258 e. The third-order valence-electron chi connectivity index (χ3n) is 7.33. The van der Waals surface area contributed by atoms with Gasteiger partial charge in [0.1, 0.15) is 23.9 Å². The molecule has 4 rings (SSSR count). The molecule has 0 saturated carbocycles. The lowest BCUT2D eigenvalue weighted by Gasteiger charge is -2.35. The van der Waals surface area contributed by atoms with Gasteiger partial charge in [-0.1, -0.05) is 38.1 Å². The fourth-order valence-corrected chi connectivity index (χ4v) is 4.69. The summed E-state index contributed by atoms with van der Waals surface area (Å²) >= 11 is 0. The maximum atomic E-state index is 13.3. The second-order valence-corrected chi connectivity index (χ2v) is 11.5. The predicted octanol–water partition coefficient (Wildman–Crippen LogP) is 1.90. The molecule has 4 amide bonds. The number of nitrogens with one attached hydrogen (secondary N) is 4. The minimum absolute atomic E-state index is 0.216. The van der Waals surface area contributed by atoms with Crippen molar-refractivity contribution in [1.29, 1.82) is 0 Å². The molecule has 40 heavy (non-hydrogen) atoms. The van der Waals surface area contributed by atoms with E-state index in [2.05, 4.69) is 21.5 Å². The van der Waals surface area contributed by atoms with Crippen LogP contribution >= 0.6 is 0 Å². The van der Waals surface area contributed by atoms with Crippen molar-refractivity contribution < 1.29 is 19.2 Å². The van der Waals surface area contributed by atoms with Crippen LogP contribution in [0, 0.1) is 11.3 Å². The van der Waals surface area contributed by atoms with Crippen LogP contribution in [0.2, 0.25) is 0 Å². The highest BCUT2D eigenvalue weighted by Crippen LogP contribution is 2.23. The van der Waals surface area contributed by atoms with Crippen molar-refractivity contribution in [3.63, 3.8) is 0 Å². The zero-order valence-corrected chi connectivity index (χ0v) is 23.9. The average molecular weight is 550 g/mol. The van der Waals surface area contributed by atoms with E-state index in [0.717, 1.165) is 16.5 Å². The Kier molecular flexibility index (Phi) is 8.43. The van der Waals surface area contributed by atoms with Crippen LogP contribution in [0.4, 0.5) is 5.82 Å². The Balaban J connectivity index is 1.70. The maximum absolute atomic E-state index is 13.3. The molecule has 0 unspecified atom stereocenters. The van der Waals surface area contributed by atoms with Gasteiger partial charge in [-0.05, 0) is 63.3 Å². The number of pyridine rings is 1. The maximum Gasteiger partial charge on any atom is 0.258 e. The molecular weight excluding hydrogens is 510 g/mol. The van der Waals surface area contributed by atoms with E-state index in [1.807, 2.05) is 50.3 Å². The summed E-state index contributed by atoms with van der Waals surface area (Å²) in [6.45, 7) is 9.23. The number of benzene rings is 1. The van der Waals surface area contributed by atoms with Gasteiger partial charge in [0.2, 0.25) is 11.8 Å². The van der Waals surface area contributed by atoms with E-state index in [4.69, 9.17) is 4.98 Å². The monoisotopic (exact) mass is 549 g/mol. The van der Waals surface area contributed by atoms with E-state index < -0.39 is 29.4 Å². The first kappa shape index (κ1) is 29.0. The van der Waals surface area contributed by atoms with Crippen molar-refractivity contribution in [1.82, 2.24) is 31.5 Å². The van der Waals surface area contributed by atoms with Crippen LogP contribution < -0.4 is 26.5 Å². The number of anilines is 1. The summed E-state index contributed by atoms with van der Waals surface area (Å²) in [6.07, 6.45) is 4.81. The molecule has 2 aliphatic heterocycles. The summed E-state index contributed by atoms with van der Waals surface area (Å²) in [5, 5.41) is 9.49. The van der Waals surface area contributed by atoms with E-state index in [0.29, 0.717) is 25.2 Å². The normalized spacial score (nSPS) is 25.4. The number of rotatable bonds is 1. The van der Waals surface area contributed by atoms with Gasteiger partial charge < -0.3 is 10.6 Å². The van der Waals surface area contributed by atoms with Gasteiger partial charge in [0.15, 0.2) is 0 Å². The summed E-state index contributed by atoms with van der Waals surface area (Å²) in [5.74, 6) is -1.09. The molecule has 0 aliphatic carbocycles. The van der Waals surface area contributed by atoms with Crippen molar-refractivity contribution in [3.05, 3.63) is 42.0 Å². The molecule has 4 N–H and O–H groups in total. The number of carbonyl (C=O) groups excluding carboxylic acids is 4. The predicted molar refractivity (Wildman–Crippen MR) is 153 cm³/mol. The zero-order chi connectivity index (χ0) is 29.2. The Morgan fingerprint density at radius 1 is 1.02 bits per heavy atom. The van der Waals surface area contributed by atoms with Crippen LogP contribution in [-0.2, 0) is 19.2 Å². The van der Waals surface area contributed by atoms with Gasteiger partial charge in [0.25, 0.3) is 11.8 Å². The summed E-state index contributed by atoms with van der Waals surface area (Å²) in [7, 11) is 1.71. The standard InChI is InChI=1S/C29H39N7O4/c1-17(2)24-26(38)30-18(3)27(39)36-15-7-8-21(33-36)25(37)34-35(6)23-12-11-20-10-9-19(16-22(20)31-23)13-14-29(4,5)28(40)32-24/h9-14,16-18,21,24,33H,7-8,15H2,1-6H3,(H,30,38)(H,32,40)(H,34,37)/b14-13+/t18-,21-,24-/m0/s1. The molecule has 214 valence electrons. The van der Waals surface area contributed by atoms with Gasteiger partial charge in [0.05, 0.1) is 10.9 Å². The Bertz CT molecular complexity index is 1340. The highest BCUT2D eigenvalue weighted by atomic mass is 16.2. The second kappa shape index (κ2) is 11.6. The minimum atomic E-state index is -0.922. The molecule has 1 aromatic carbocycles. The first-order chi connectivity index (χ1) is 18.9. The van der Waals surface area contributed by atoms with Gasteiger partial charge in [-0.2, -0.15) is 0 Å². The van der Waals surface area contributed by atoms with Gasteiger partial charge in [-0.15, -0.1) is 0 Å². The molecule has 0 spiro atoms. The number of hydrogen-bond donors (Lipinski definition) is 4. The van der Waals surface area contributed by atoms with E-state index >= 15 is 0 Å². The quantitative estimate of drug-likeness (QED) is 0.427. The number of amides is 4. The largest absolute Gasteiger partial charge is 0.343 e. The molecule has 5 bridgehead atoms. The van der Waals surface area contributed by atoms with Gasteiger partial charge in [0, 0.05) is 19.0 Å². The summed E-state index contributed by atoms with van der Waals surface area (Å²) in [5.41, 5.74) is 6.52. The highest BCUT2D eigenvalue weighted by molar-refractivity contribution is 5.94. The minimum Gasteiger partial charge on any atom is -0.343 e. The van der Waals surface area contributed by atoms with Crippen molar-refractivity contribution >= 4 is 46.4 Å².